The third-order valence-corrected chi connectivity index (χ3v) is 3.36. The molecule has 1 unspecified atom stereocenters. The Labute approximate surface area is 99.2 Å². The van der Waals surface area contributed by atoms with E-state index in [1.54, 1.807) is 6.92 Å². The molecule has 0 aromatic carbocycles. The van der Waals surface area contributed by atoms with Crippen molar-refractivity contribution >= 4 is 5.97 Å². The first-order valence-corrected chi connectivity index (χ1v) is 6.38. The quantitative estimate of drug-likeness (QED) is 0.652. The normalized spacial score (nSPS) is 13.6. The molecule has 0 radical (unpaired) electrons. The second-order valence-electron chi connectivity index (χ2n) is 4.49. The zero-order valence-corrected chi connectivity index (χ0v) is 11.1. The van der Waals surface area contributed by atoms with Crippen molar-refractivity contribution in [1.82, 2.24) is 0 Å². The fourth-order valence-electron chi connectivity index (χ4n) is 1.85. The fourth-order valence-corrected chi connectivity index (χ4v) is 1.85. The van der Waals surface area contributed by atoms with Crippen LogP contribution in [-0.2, 0) is 9.53 Å². The molecule has 0 heterocycles. The van der Waals surface area contributed by atoms with Gasteiger partial charge < -0.3 is 9.84 Å². The van der Waals surface area contributed by atoms with E-state index in [-0.39, 0.29) is 18.0 Å². The van der Waals surface area contributed by atoms with Gasteiger partial charge in [-0.25, -0.2) is 0 Å². The number of hydrogen-bond donors (Lipinski definition) is 1. The molecule has 0 aromatic heterocycles. The number of carbonyl (C=O) groups is 1. The van der Waals surface area contributed by atoms with E-state index in [4.69, 9.17) is 9.84 Å². The van der Waals surface area contributed by atoms with Gasteiger partial charge in [-0.2, -0.15) is 0 Å². The van der Waals surface area contributed by atoms with Crippen molar-refractivity contribution in [3.63, 3.8) is 0 Å². The molecule has 0 aliphatic carbocycles. The lowest BCUT2D eigenvalue weighted by atomic mass is 9.78. The Kier molecular flexibility index (Phi) is 7.39. The third-order valence-electron chi connectivity index (χ3n) is 3.36. The summed E-state index contributed by atoms with van der Waals surface area (Å²) in [7, 11) is 0. The minimum Gasteiger partial charge on any atom is -0.460 e. The smallest absolute Gasteiger partial charge is 0.312 e. The molecule has 16 heavy (non-hydrogen) atoms. The number of unbranched alkanes of at least 4 members (excludes halogenated alkanes) is 1. The summed E-state index contributed by atoms with van der Waals surface area (Å²) in [5, 5.41) is 8.89. The van der Waals surface area contributed by atoms with Gasteiger partial charge in [-0.1, -0.05) is 33.6 Å². The highest BCUT2D eigenvalue weighted by Crippen LogP contribution is 2.34. The Morgan fingerprint density at radius 1 is 1.31 bits per heavy atom. The van der Waals surface area contributed by atoms with Gasteiger partial charge >= 0.3 is 5.97 Å². The molecular weight excluding hydrogens is 204 g/mol. The van der Waals surface area contributed by atoms with Crippen LogP contribution in [-0.4, -0.2) is 23.8 Å². The van der Waals surface area contributed by atoms with Crippen LogP contribution in [0.5, 0.6) is 0 Å². The first kappa shape index (κ1) is 15.4. The number of hydrogen-bond acceptors (Lipinski definition) is 3. The lowest BCUT2D eigenvalue weighted by Crippen LogP contribution is -2.35. The summed E-state index contributed by atoms with van der Waals surface area (Å²) in [5.74, 6) is -0.146. The summed E-state index contributed by atoms with van der Waals surface area (Å²) in [4.78, 5) is 12.1. The molecular formula is C13H26O3. The standard InChI is InChI=1S/C13H26O3/c1-5-8-9-13(6-2,7-3)12(15)16-11(4)10-14/h11,14H,5-10H2,1-4H3. The molecule has 3 nitrogen and oxygen atoms in total. The van der Waals surface area contributed by atoms with E-state index in [0.29, 0.717) is 0 Å². The number of esters is 1. The summed E-state index contributed by atoms with van der Waals surface area (Å²) in [6, 6.07) is 0. The molecule has 0 saturated carbocycles. The van der Waals surface area contributed by atoms with Crippen LogP contribution in [0.25, 0.3) is 0 Å². The molecule has 96 valence electrons. The van der Waals surface area contributed by atoms with Gasteiger partial charge in [0.25, 0.3) is 0 Å². The van der Waals surface area contributed by atoms with E-state index in [1.807, 2.05) is 13.8 Å². The Balaban J connectivity index is 4.54. The predicted molar refractivity (Wildman–Crippen MR) is 65.2 cm³/mol. The largest absolute Gasteiger partial charge is 0.460 e. The Morgan fingerprint density at radius 3 is 2.25 bits per heavy atom. The van der Waals surface area contributed by atoms with Crippen LogP contribution in [0.1, 0.15) is 59.8 Å². The maximum atomic E-state index is 12.1. The van der Waals surface area contributed by atoms with Crippen LogP contribution in [0, 0.1) is 5.41 Å². The number of carbonyl (C=O) groups excluding carboxylic acids is 1. The first-order valence-electron chi connectivity index (χ1n) is 6.38. The number of aliphatic hydroxyl groups is 1. The van der Waals surface area contributed by atoms with Gasteiger partial charge in [0.05, 0.1) is 12.0 Å². The topological polar surface area (TPSA) is 46.5 Å². The van der Waals surface area contributed by atoms with Crippen molar-refractivity contribution in [1.29, 1.82) is 0 Å². The highest BCUT2D eigenvalue weighted by Gasteiger charge is 2.36. The summed E-state index contributed by atoms with van der Waals surface area (Å²) in [6.45, 7) is 7.79. The molecule has 1 atom stereocenters. The van der Waals surface area contributed by atoms with E-state index < -0.39 is 6.10 Å². The van der Waals surface area contributed by atoms with Crippen molar-refractivity contribution < 1.29 is 14.6 Å². The molecule has 0 rings (SSSR count). The third kappa shape index (κ3) is 4.12. The molecule has 0 aliphatic rings. The van der Waals surface area contributed by atoms with Gasteiger partial charge in [0.1, 0.15) is 6.10 Å². The zero-order valence-electron chi connectivity index (χ0n) is 11.1. The lowest BCUT2D eigenvalue weighted by Gasteiger charge is -2.30. The summed E-state index contributed by atoms with van der Waals surface area (Å²) < 4.78 is 5.25. The monoisotopic (exact) mass is 230 g/mol. The van der Waals surface area contributed by atoms with Crippen molar-refractivity contribution in [2.45, 2.75) is 65.9 Å². The highest BCUT2D eigenvalue weighted by molar-refractivity contribution is 5.76. The molecule has 0 aliphatic heterocycles. The Morgan fingerprint density at radius 2 is 1.88 bits per heavy atom. The van der Waals surface area contributed by atoms with E-state index in [1.165, 1.54) is 0 Å². The summed E-state index contributed by atoms with van der Waals surface area (Å²) in [5.41, 5.74) is -0.348. The van der Waals surface area contributed by atoms with Crippen LogP contribution in [0.2, 0.25) is 0 Å². The average Bonchev–Trinajstić information content (AvgIpc) is 2.31. The SMILES string of the molecule is CCCCC(CC)(CC)C(=O)OC(C)CO. The zero-order chi connectivity index (χ0) is 12.6. The molecule has 0 aromatic rings. The molecule has 0 fully saturated rings. The van der Waals surface area contributed by atoms with Crippen molar-refractivity contribution in [3.05, 3.63) is 0 Å². The van der Waals surface area contributed by atoms with Crippen molar-refractivity contribution in [2.75, 3.05) is 6.61 Å². The Bertz CT molecular complexity index is 197. The lowest BCUT2D eigenvalue weighted by molar-refractivity contribution is -0.163. The maximum Gasteiger partial charge on any atom is 0.312 e. The van der Waals surface area contributed by atoms with Crippen LogP contribution in [0.15, 0.2) is 0 Å². The molecule has 0 bridgehead atoms. The summed E-state index contributed by atoms with van der Waals surface area (Å²) in [6.07, 6.45) is 4.23. The van der Waals surface area contributed by atoms with Gasteiger partial charge in [-0.05, 0) is 26.2 Å². The van der Waals surface area contributed by atoms with Gasteiger partial charge in [-0.3, -0.25) is 4.79 Å². The minimum absolute atomic E-state index is 0.108. The van der Waals surface area contributed by atoms with Crippen molar-refractivity contribution in [3.8, 4) is 0 Å². The van der Waals surface area contributed by atoms with E-state index in [2.05, 4.69) is 6.92 Å². The van der Waals surface area contributed by atoms with Gasteiger partial charge in [-0.15, -0.1) is 0 Å². The van der Waals surface area contributed by atoms with Gasteiger partial charge in [0.15, 0.2) is 0 Å². The minimum atomic E-state index is -0.397. The van der Waals surface area contributed by atoms with Crippen LogP contribution in [0.4, 0.5) is 0 Å². The molecule has 0 amide bonds. The van der Waals surface area contributed by atoms with E-state index in [9.17, 15) is 4.79 Å². The molecule has 3 heteroatoms. The van der Waals surface area contributed by atoms with Crippen molar-refractivity contribution in [2.24, 2.45) is 5.41 Å². The predicted octanol–water partition coefficient (Wildman–Crippen LogP) is 2.91. The molecule has 1 N–H and O–H groups in total. The second-order valence-corrected chi connectivity index (χ2v) is 4.49. The van der Waals surface area contributed by atoms with E-state index >= 15 is 0 Å². The van der Waals surface area contributed by atoms with Gasteiger partial charge in [0, 0.05) is 0 Å². The molecule has 0 saturated heterocycles. The second kappa shape index (κ2) is 7.66. The maximum absolute atomic E-state index is 12.1. The first-order chi connectivity index (χ1) is 7.56. The average molecular weight is 230 g/mol. The number of aliphatic hydroxyl groups excluding tert-OH is 1. The Hall–Kier alpha value is -0.570. The van der Waals surface area contributed by atoms with Crippen LogP contribution < -0.4 is 0 Å². The number of ether oxygens (including phenoxy) is 1. The number of rotatable bonds is 8. The fraction of sp³-hybridized carbons (Fsp3) is 0.923. The van der Waals surface area contributed by atoms with Crippen LogP contribution >= 0.6 is 0 Å². The van der Waals surface area contributed by atoms with E-state index in [0.717, 1.165) is 32.1 Å². The molecule has 0 spiro atoms. The van der Waals surface area contributed by atoms with Crippen LogP contribution in [0.3, 0.4) is 0 Å². The summed E-state index contributed by atoms with van der Waals surface area (Å²) >= 11 is 0. The highest BCUT2D eigenvalue weighted by atomic mass is 16.6. The van der Waals surface area contributed by atoms with Gasteiger partial charge in [0.2, 0.25) is 0 Å².